The maximum Gasteiger partial charge on any atom is 0.147 e. The van der Waals surface area contributed by atoms with Crippen LogP contribution >= 0.6 is 11.8 Å². The van der Waals surface area contributed by atoms with Gasteiger partial charge in [0.25, 0.3) is 0 Å². The summed E-state index contributed by atoms with van der Waals surface area (Å²) in [6.45, 7) is 8.11. The van der Waals surface area contributed by atoms with E-state index in [0.29, 0.717) is 0 Å². The zero-order valence-electron chi connectivity index (χ0n) is 8.09. The van der Waals surface area contributed by atoms with Crippen LogP contribution in [0.4, 0.5) is 5.82 Å². The molecule has 0 amide bonds. The van der Waals surface area contributed by atoms with Crippen LogP contribution in [-0.2, 0) is 0 Å². The second-order valence-electron chi connectivity index (χ2n) is 3.29. The van der Waals surface area contributed by atoms with Crippen molar-refractivity contribution in [3.8, 4) is 0 Å². The number of anilines is 1. The van der Waals surface area contributed by atoms with Crippen molar-refractivity contribution in [2.45, 2.75) is 18.7 Å². The molecule has 0 N–H and O–H groups in total. The van der Waals surface area contributed by atoms with E-state index in [1.807, 2.05) is 18.9 Å². The van der Waals surface area contributed by atoms with E-state index in [4.69, 9.17) is 0 Å². The zero-order chi connectivity index (χ0) is 9.59. The van der Waals surface area contributed by atoms with Gasteiger partial charge < -0.3 is 4.90 Å². The molecule has 0 radical (unpaired) electrons. The highest BCUT2D eigenvalue weighted by molar-refractivity contribution is 8.03. The van der Waals surface area contributed by atoms with Crippen molar-refractivity contribution in [2.24, 2.45) is 0 Å². The molecule has 0 bridgehead atoms. The van der Waals surface area contributed by atoms with Gasteiger partial charge in [-0.25, -0.2) is 4.98 Å². The van der Waals surface area contributed by atoms with Gasteiger partial charge >= 0.3 is 0 Å². The van der Waals surface area contributed by atoms with Gasteiger partial charge in [-0.3, -0.25) is 0 Å². The van der Waals surface area contributed by atoms with Crippen LogP contribution in [0.1, 0.15) is 11.3 Å². The van der Waals surface area contributed by atoms with Gasteiger partial charge in [-0.1, -0.05) is 18.3 Å². The molecule has 0 atom stereocenters. The number of aryl methyl sites for hydroxylation is 2. The first-order valence-electron chi connectivity index (χ1n) is 4.18. The van der Waals surface area contributed by atoms with Crippen molar-refractivity contribution >= 4 is 17.6 Å². The van der Waals surface area contributed by atoms with Crippen LogP contribution < -0.4 is 4.90 Å². The first-order chi connectivity index (χ1) is 6.09. The maximum atomic E-state index is 4.49. The third-order valence-electron chi connectivity index (χ3n) is 2.18. The maximum absolute atomic E-state index is 4.49. The number of hydrogen-bond donors (Lipinski definition) is 0. The van der Waals surface area contributed by atoms with Gasteiger partial charge in [-0.05, 0) is 25.5 Å². The van der Waals surface area contributed by atoms with E-state index >= 15 is 0 Å². The van der Waals surface area contributed by atoms with Gasteiger partial charge in [0.2, 0.25) is 0 Å². The molecule has 0 unspecified atom stereocenters. The van der Waals surface area contributed by atoms with Crippen LogP contribution in [0.25, 0.3) is 0 Å². The van der Waals surface area contributed by atoms with E-state index in [2.05, 4.69) is 24.6 Å². The average molecular weight is 192 g/mol. The van der Waals surface area contributed by atoms with Crippen molar-refractivity contribution in [3.05, 3.63) is 28.9 Å². The third kappa shape index (κ3) is 1.23. The number of rotatable bonds is 0. The Labute approximate surface area is 82.7 Å². The SMILES string of the molecule is C=C1Sc2c(C)cc(C)nc2N1C. The Morgan fingerprint density at radius 1 is 1.46 bits per heavy atom. The molecule has 68 valence electrons. The number of thioether (sulfide) groups is 1. The molecule has 0 saturated heterocycles. The highest BCUT2D eigenvalue weighted by Gasteiger charge is 2.23. The zero-order valence-corrected chi connectivity index (χ0v) is 8.90. The summed E-state index contributed by atoms with van der Waals surface area (Å²) >= 11 is 1.70. The lowest BCUT2D eigenvalue weighted by molar-refractivity contribution is 1.04. The summed E-state index contributed by atoms with van der Waals surface area (Å²) in [5, 5.41) is 1.05. The molecular formula is C10H12N2S. The lowest BCUT2D eigenvalue weighted by atomic mass is 10.2. The summed E-state index contributed by atoms with van der Waals surface area (Å²) in [6, 6.07) is 2.11. The summed E-state index contributed by atoms with van der Waals surface area (Å²) in [6.07, 6.45) is 0. The van der Waals surface area contributed by atoms with Crippen molar-refractivity contribution < 1.29 is 0 Å². The summed E-state index contributed by atoms with van der Waals surface area (Å²) in [4.78, 5) is 7.78. The van der Waals surface area contributed by atoms with Gasteiger partial charge in [0.15, 0.2) is 0 Å². The van der Waals surface area contributed by atoms with Gasteiger partial charge in [0, 0.05) is 12.7 Å². The molecular weight excluding hydrogens is 180 g/mol. The molecule has 0 saturated carbocycles. The Hall–Kier alpha value is -0.960. The first-order valence-corrected chi connectivity index (χ1v) is 5.00. The summed E-state index contributed by atoms with van der Waals surface area (Å²) < 4.78 is 0. The molecule has 0 aromatic carbocycles. The minimum absolute atomic E-state index is 1.05. The molecule has 1 aromatic heterocycles. The number of fused-ring (bicyclic) bond motifs is 1. The number of nitrogens with zero attached hydrogens (tertiary/aromatic N) is 2. The molecule has 2 heterocycles. The fourth-order valence-corrected chi connectivity index (χ4v) is 2.42. The van der Waals surface area contributed by atoms with Crippen LogP contribution in [0.5, 0.6) is 0 Å². The predicted molar refractivity (Wildman–Crippen MR) is 57.1 cm³/mol. The van der Waals surface area contributed by atoms with E-state index in [0.717, 1.165) is 16.5 Å². The Morgan fingerprint density at radius 2 is 2.15 bits per heavy atom. The lowest BCUT2D eigenvalue weighted by Gasteiger charge is -2.11. The van der Waals surface area contributed by atoms with E-state index < -0.39 is 0 Å². The summed E-state index contributed by atoms with van der Waals surface area (Å²) in [5.74, 6) is 1.05. The van der Waals surface area contributed by atoms with Crippen LogP contribution in [0, 0.1) is 13.8 Å². The molecule has 0 spiro atoms. The standard InChI is InChI=1S/C10H12N2S/c1-6-5-7(2)11-10-9(6)13-8(3)12(10)4/h5H,3H2,1-2,4H3. The fraction of sp³-hybridized carbons (Fsp3) is 0.300. The minimum atomic E-state index is 1.05. The van der Waals surface area contributed by atoms with Crippen LogP contribution in [0.15, 0.2) is 22.6 Å². The second kappa shape index (κ2) is 2.77. The smallest absolute Gasteiger partial charge is 0.147 e. The molecule has 1 aliphatic rings. The summed E-state index contributed by atoms with van der Waals surface area (Å²) in [5.41, 5.74) is 2.36. The fourth-order valence-electron chi connectivity index (χ4n) is 1.46. The van der Waals surface area contributed by atoms with Crippen molar-refractivity contribution in [2.75, 3.05) is 11.9 Å². The largest absolute Gasteiger partial charge is 0.323 e. The topological polar surface area (TPSA) is 16.1 Å². The van der Waals surface area contributed by atoms with E-state index in [1.54, 1.807) is 11.8 Å². The van der Waals surface area contributed by atoms with Gasteiger partial charge in [0.1, 0.15) is 5.82 Å². The normalized spacial score (nSPS) is 15.0. The van der Waals surface area contributed by atoms with E-state index in [1.165, 1.54) is 10.5 Å². The van der Waals surface area contributed by atoms with Gasteiger partial charge in [0.05, 0.1) is 9.92 Å². The molecule has 1 aromatic rings. The molecule has 3 heteroatoms. The number of hydrogen-bond acceptors (Lipinski definition) is 3. The molecule has 2 nitrogen and oxygen atoms in total. The Kier molecular flexibility index (Phi) is 1.84. The number of aromatic nitrogens is 1. The molecule has 0 fully saturated rings. The Morgan fingerprint density at radius 3 is 2.85 bits per heavy atom. The molecule has 1 aliphatic heterocycles. The minimum Gasteiger partial charge on any atom is -0.323 e. The first kappa shape index (κ1) is 8.63. The Bertz CT molecular complexity index is 385. The van der Waals surface area contributed by atoms with Crippen LogP contribution in [0.3, 0.4) is 0 Å². The number of pyridine rings is 1. The highest BCUT2D eigenvalue weighted by Crippen LogP contribution is 2.44. The Balaban J connectivity index is 2.63. The summed E-state index contributed by atoms with van der Waals surface area (Å²) in [7, 11) is 2.01. The van der Waals surface area contributed by atoms with E-state index in [9.17, 15) is 0 Å². The second-order valence-corrected chi connectivity index (χ2v) is 4.37. The average Bonchev–Trinajstić information content (AvgIpc) is 2.32. The molecule has 2 rings (SSSR count). The molecule has 13 heavy (non-hydrogen) atoms. The van der Waals surface area contributed by atoms with Gasteiger partial charge in [-0.15, -0.1) is 0 Å². The van der Waals surface area contributed by atoms with Crippen LogP contribution in [0.2, 0.25) is 0 Å². The third-order valence-corrected chi connectivity index (χ3v) is 3.40. The van der Waals surface area contributed by atoms with E-state index in [-0.39, 0.29) is 0 Å². The quantitative estimate of drug-likeness (QED) is 0.628. The molecule has 0 aliphatic carbocycles. The van der Waals surface area contributed by atoms with Crippen molar-refractivity contribution in [1.82, 2.24) is 4.98 Å². The van der Waals surface area contributed by atoms with Crippen molar-refractivity contribution in [3.63, 3.8) is 0 Å². The highest BCUT2D eigenvalue weighted by atomic mass is 32.2. The lowest BCUT2D eigenvalue weighted by Crippen LogP contribution is -2.10. The van der Waals surface area contributed by atoms with Gasteiger partial charge in [-0.2, -0.15) is 0 Å². The van der Waals surface area contributed by atoms with Crippen LogP contribution in [-0.4, -0.2) is 12.0 Å². The monoisotopic (exact) mass is 192 g/mol. The predicted octanol–water partition coefficient (Wildman–Crippen LogP) is 2.71. The van der Waals surface area contributed by atoms with Crippen molar-refractivity contribution in [1.29, 1.82) is 0 Å².